The number of piperidine rings is 1. The van der Waals surface area contributed by atoms with Gasteiger partial charge in [-0.2, -0.15) is 20.1 Å². The summed E-state index contributed by atoms with van der Waals surface area (Å²) in [6, 6.07) is 11.8. The number of nitrogens with one attached hydrogen (secondary N) is 2. The molecule has 1 fully saturated rings. The molecule has 3 heterocycles. The Morgan fingerprint density at radius 1 is 1.00 bits per heavy atom. The van der Waals surface area contributed by atoms with Gasteiger partial charge in [-0.15, -0.1) is 12.4 Å². The van der Waals surface area contributed by atoms with Gasteiger partial charge < -0.3 is 19.7 Å². The topological polar surface area (TPSA) is 96.8 Å². The fourth-order valence-corrected chi connectivity index (χ4v) is 3.99. The maximum Gasteiger partial charge on any atom is 0.250 e. The fourth-order valence-electron chi connectivity index (χ4n) is 3.99. The van der Waals surface area contributed by atoms with Gasteiger partial charge in [0.15, 0.2) is 11.5 Å². The van der Waals surface area contributed by atoms with Gasteiger partial charge in [0.1, 0.15) is 0 Å². The summed E-state index contributed by atoms with van der Waals surface area (Å²) in [5.74, 6) is 3.69. The molecular weight excluding hydrogens is 466 g/mol. The number of fused-ring (bicyclic) bond motifs is 1. The first-order chi connectivity index (χ1) is 16.5. The molecule has 0 aliphatic carbocycles. The molecule has 0 unspecified atom stereocenters. The molecule has 2 aliphatic rings. The predicted molar refractivity (Wildman–Crippen MR) is 141 cm³/mol. The molecule has 1 saturated heterocycles. The Morgan fingerprint density at radius 2 is 1.77 bits per heavy atom. The summed E-state index contributed by atoms with van der Waals surface area (Å²) in [5, 5.41) is 7.71. The first kappa shape index (κ1) is 24.5. The van der Waals surface area contributed by atoms with Crippen molar-refractivity contribution >= 4 is 42.2 Å². The van der Waals surface area contributed by atoms with Gasteiger partial charge in [0.05, 0.1) is 6.21 Å². The van der Waals surface area contributed by atoms with Crippen LogP contribution in [0.2, 0.25) is 0 Å². The van der Waals surface area contributed by atoms with Crippen LogP contribution in [0.1, 0.15) is 36.5 Å². The Bertz CT molecular complexity index is 1210. The third kappa shape index (κ3) is 5.74. The maximum atomic E-state index is 5.43. The second kappa shape index (κ2) is 10.8. The number of aromatic nitrogens is 3. The monoisotopic (exact) mass is 495 g/mol. The van der Waals surface area contributed by atoms with Crippen LogP contribution in [0, 0.1) is 19.8 Å². The number of halogens is 1. The zero-order chi connectivity index (χ0) is 23.5. The SMILES string of the molecule is Cc1cccc(Nc2nc(N/N=C/c3ccc4c(c3)OCO4)nc(N3CCC(C)CC3)n2)c1C.Cl. The van der Waals surface area contributed by atoms with E-state index in [1.165, 1.54) is 5.56 Å². The van der Waals surface area contributed by atoms with Crippen molar-refractivity contribution in [3.8, 4) is 11.5 Å². The first-order valence-electron chi connectivity index (χ1n) is 11.6. The van der Waals surface area contributed by atoms with Gasteiger partial charge in [-0.1, -0.05) is 19.1 Å². The van der Waals surface area contributed by atoms with Crippen LogP contribution in [-0.4, -0.2) is 41.0 Å². The zero-order valence-electron chi connectivity index (χ0n) is 20.1. The lowest BCUT2D eigenvalue weighted by Crippen LogP contribution is -2.34. The third-order valence-corrected chi connectivity index (χ3v) is 6.32. The predicted octanol–water partition coefficient (Wildman–Crippen LogP) is 5.06. The number of hydrogen-bond donors (Lipinski definition) is 2. The van der Waals surface area contributed by atoms with E-state index in [9.17, 15) is 0 Å². The molecule has 3 aromatic rings. The number of anilines is 4. The van der Waals surface area contributed by atoms with E-state index in [0.29, 0.717) is 23.6 Å². The minimum Gasteiger partial charge on any atom is -0.454 e. The summed E-state index contributed by atoms with van der Waals surface area (Å²) in [7, 11) is 0. The van der Waals surface area contributed by atoms with Crippen molar-refractivity contribution < 1.29 is 9.47 Å². The Kier molecular flexibility index (Phi) is 7.55. The van der Waals surface area contributed by atoms with Gasteiger partial charge >= 0.3 is 0 Å². The van der Waals surface area contributed by atoms with Crippen molar-refractivity contribution in [3.63, 3.8) is 0 Å². The third-order valence-electron chi connectivity index (χ3n) is 6.32. The summed E-state index contributed by atoms with van der Waals surface area (Å²) in [6.45, 7) is 8.55. The van der Waals surface area contributed by atoms with Gasteiger partial charge in [0, 0.05) is 18.8 Å². The molecule has 2 N–H and O–H groups in total. The van der Waals surface area contributed by atoms with Crippen LogP contribution in [0.3, 0.4) is 0 Å². The highest BCUT2D eigenvalue weighted by molar-refractivity contribution is 5.85. The number of nitrogens with zero attached hydrogens (tertiary/aromatic N) is 5. The lowest BCUT2D eigenvalue weighted by molar-refractivity contribution is 0.174. The minimum absolute atomic E-state index is 0. The van der Waals surface area contributed by atoms with Crippen LogP contribution in [-0.2, 0) is 0 Å². The minimum atomic E-state index is 0. The highest BCUT2D eigenvalue weighted by Crippen LogP contribution is 2.32. The van der Waals surface area contributed by atoms with Crippen LogP contribution in [0.4, 0.5) is 23.5 Å². The van der Waals surface area contributed by atoms with Crippen LogP contribution in [0.15, 0.2) is 41.5 Å². The zero-order valence-corrected chi connectivity index (χ0v) is 20.9. The van der Waals surface area contributed by atoms with Crippen LogP contribution >= 0.6 is 12.4 Å². The summed E-state index contributed by atoms with van der Waals surface area (Å²) in [5.41, 5.74) is 7.18. The van der Waals surface area contributed by atoms with Gasteiger partial charge in [0.2, 0.25) is 24.6 Å². The average Bonchev–Trinajstić information content (AvgIpc) is 3.30. The van der Waals surface area contributed by atoms with E-state index in [0.717, 1.165) is 54.4 Å². The average molecular weight is 496 g/mol. The lowest BCUT2D eigenvalue weighted by Gasteiger charge is -2.30. The summed E-state index contributed by atoms with van der Waals surface area (Å²) in [4.78, 5) is 16.2. The highest BCUT2D eigenvalue weighted by Gasteiger charge is 2.20. The number of hydrogen-bond acceptors (Lipinski definition) is 9. The van der Waals surface area contributed by atoms with Crippen LogP contribution in [0.25, 0.3) is 0 Å². The molecule has 184 valence electrons. The van der Waals surface area contributed by atoms with E-state index in [-0.39, 0.29) is 19.2 Å². The number of ether oxygens (including phenoxy) is 2. The van der Waals surface area contributed by atoms with Crippen LogP contribution in [0.5, 0.6) is 11.5 Å². The van der Waals surface area contributed by atoms with E-state index < -0.39 is 0 Å². The Labute approximate surface area is 211 Å². The quantitative estimate of drug-likeness (QED) is 0.361. The lowest BCUT2D eigenvalue weighted by atomic mass is 10.00. The van der Waals surface area contributed by atoms with Crippen molar-refractivity contribution in [3.05, 3.63) is 53.1 Å². The molecule has 0 saturated carbocycles. The normalized spacial score (nSPS) is 15.2. The smallest absolute Gasteiger partial charge is 0.250 e. The van der Waals surface area contributed by atoms with E-state index in [1.807, 2.05) is 30.3 Å². The van der Waals surface area contributed by atoms with E-state index in [1.54, 1.807) is 6.21 Å². The van der Waals surface area contributed by atoms with Gasteiger partial charge in [0.25, 0.3) is 0 Å². The molecule has 5 rings (SSSR count). The molecule has 2 aromatic carbocycles. The molecular formula is C25H30ClN7O2. The molecule has 0 amide bonds. The Morgan fingerprint density at radius 3 is 2.60 bits per heavy atom. The molecule has 35 heavy (non-hydrogen) atoms. The largest absolute Gasteiger partial charge is 0.454 e. The van der Waals surface area contributed by atoms with Crippen molar-refractivity contribution in [1.29, 1.82) is 0 Å². The van der Waals surface area contributed by atoms with E-state index in [4.69, 9.17) is 14.5 Å². The molecule has 1 aromatic heterocycles. The summed E-state index contributed by atoms with van der Waals surface area (Å²) < 4.78 is 10.8. The molecule has 0 atom stereocenters. The van der Waals surface area contributed by atoms with E-state index >= 15 is 0 Å². The number of rotatable bonds is 6. The number of aryl methyl sites for hydroxylation is 1. The van der Waals surface area contributed by atoms with Crippen molar-refractivity contribution in [1.82, 2.24) is 15.0 Å². The summed E-state index contributed by atoms with van der Waals surface area (Å²) in [6.07, 6.45) is 3.94. The van der Waals surface area contributed by atoms with Gasteiger partial charge in [-0.3, -0.25) is 0 Å². The molecule has 2 aliphatic heterocycles. The van der Waals surface area contributed by atoms with Crippen LogP contribution < -0.4 is 25.1 Å². The van der Waals surface area contributed by atoms with Gasteiger partial charge in [-0.05, 0) is 73.6 Å². The molecule has 0 radical (unpaired) electrons. The second-order valence-corrected chi connectivity index (χ2v) is 8.81. The summed E-state index contributed by atoms with van der Waals surface area (Å²) >= 11 is 0. The number of benzene rings is 2. The van der Waals surface area contributed by atoms with Crippen molar-refractivity contribution in [2.45, 2.75) is 33.6 Å². The standard InChI is InChI=1S/C25H29N7O2.ClH/c1-16-9-11-32(12-10-16)25-29-23(27-20-6-4-5-17(2)18(20)3)28-24(30-25)31-26-14-19-7-8-21-22(13-19)34-15-33-21;/h4-8,13-14,16H,9-12,15H2,1-3H3,(H2,27,28,29,30,31);1H/b26-14+;. The highest BCUT2D eigenvalue weighted by atomic mass is 35.5. The molecule has 0 bridgehead atoms. The van der Waals surface area contributed by atoms with Crippen molar-refractivity contribution in [2.24, 2.45) is 11.0 Å². The second-order valence-electron chi connectivity index (χ2n) is 8.81. The van der Waals surface area contributed by atoms with Gasteiger partial charge in [-0.25, -0.2) is 5.43 Å². The molecule has 10 heteroatoms. The molecule has 0 spiro atoms. The fraction of sp³-hybridized carbons (Fsp3) is 0.360. The van der Waals surface area contributed by atoms with E-state index in [2.05, 4.69) is 57.5 Å². The Hall–Kier alpha value is -3.59. The van der Waals surface area contributed by atoms with Crippen molar-refractivity contribution in [2.75, 3.05) is 35.5 Å². The Balaban J connectivity index is 0.00000289. The molecule has 9 nitrogen and oxygen atoms in total. The maximum absolute atomic E-state index is 5.43. The number of hydrazone groups is 1. The first-order valence-corrected chi connectivity index (χ1v) is 11.6.